The quantitative estimate of drug-likeness (QED) is 0.622. The molecule has 0 radical (unpaired) electrons. The van der Waals surface area contributed by atoms with E-state index in [9.17, 15) is 0 Å². The van der Waals surface area contributed by atoms with E-state index >= 15 is 0 Å². The third-order valence-corrected chi connectivity index (χ3v) is 3.44. The number of aromatic amines is 1. The summed E-state index contributed by atoms with van der Waals surface area (Å²) in [5, 5.41) is 12.3. The van der Waals surface area contributed by atoms with Gasteiger partial charge in [-0.3, -0.25) is 10.1 Å². The lowest BCUT2D eigenvalue weighted by Crippen LogP contribution is -1.85. The molecule has 2 aromatic carbocycles. The molecule has 0 spiro atoms. The fourth-order valence-electron chi connectivity index (χ4n) is 2.34. The molecule has 5 nitrogen and oxygen atoms in total. The van der Waals surface area contributed by atoms with Crippen molar-refractivity contribution in [3.63, 3.8) is 0 Å². The number of benzene rings is 2. The molecular formula is C17H12N4O. The van der Waals surface area contributed by atoms with E-state index in [1.807, 2.05) is 36.5 Å². The highest BCUT2D eigenvalue weighted by Crippen LogP contribution is 2.27. The molecule has 4 aromatic rings. The molecule has 4 rings (SSSR count). The molecule has 1 N–H and O–H groups in total. The van der Waals surface area contributed by atoms with Gasteiger partial charge >= 0.3 is 0 Å². The third-order valence-electron chi connectivity index (χ3n) is 3.44. The van der Waals surface area contributed by atoms with Gasteiger partial charge in [-0.15, -0.1) is 0 Å². The number of hydrogen-bond acceptors (Lipinski definition) is 4. The van der Waals surface area contributed by atoms with E-state index in [2.05, 4.69) is 38.6 Å². The van der Waals surface area contributed by atoms with Gasteiger partial charge in [0, 0.05) is 17.8 Å². The van der Waals surface area contributed by atoms with Gasteiger partial charge in [0.25, 0.3) is 5.88 Å². The molecule has 5 heteroatoms. The summed E-state index contributed by atoms with van der Waals surface area (Å²) in [5.41, 5.74) is 2.29. The second-order valence-electron chi connectivity index (χ2n) is 4.88. The van der Waals surface area contributed by atoms with Crippen LogP contribution in [-0.2, 0) is 0 Å². The Bertz CT molecular complexity index is 902. The standard InChI is InChI=1S/C17H12N4O/c1-2-15-10-18-8-7-14(15)9-13(1)12-3-5-16(6-4-12)22-17-11-19-21-20-17/h1-11H,(H,19,20,21). The smallest absolute Gasteiger partial charge is 0.258 e. The molecule has 0 atom stereocenters. The summed E-state index contributed by atoms with van der Waals surface area (Å²) < 4.78 is 5.57. The Morgan fingerprint density at radius 3 is 2.55 bits per heavy atom. The molecule has 0 aliphatic rings. The Balaban J connectivity index is 1.63. The second-order valence-corrected chi connectivity index (χ2v) is 4.88. The van der Waals surface area contributed by atoms with Gasteiger partial charge in [0.15, 0.2) is 0 Å². The predicted octanol–water partition coefficient (Wildman–Crippen LogP) is 3.81. The molecule has 2 aromatic heterocycles. The zero-order chi connectivity index (χ0) is 14.8. The van der Waals surface area contributed by atoms with Crippen molar-refractivity contribution >= 4 is 10.8 Å². The van der Waals surface area contributed by atoms with Crippen LogP contribution in [0, 0.1) is 0 Å². The monoisotopic (exact) mass is 288 g/mol. The number of pyridine rings is 1. The van der Waals surface area contributed by atoms with Gasteiger partial charge in [-0.05, 0) is 40.8 Å². The van der Waals surface area contributed by atoms with Crippen molar-refractivity contribution in [2.75, 3.05) is 0 Å². The van der Waals surface area contributed by atoms with Gasteiger partial charge in [-0.1, -0.05) is 34.6 Å². The number of hydrogen-bond donors (Lipinski definition) is 1. The van der Waals surface area contributed by atoms with Crippen LogP contribution in [0.4, 0.5) is 0 Å². The highest BCUT2D eigenvalue weighted by atomic mass is 16.5. The summed E-state index contributed by atoms with van der Waals surface area (Å²) in [5.74, 6) is 1.17. The predicted molar refractivity (Wildman–Crippen MR) is 83.6 cm³/mol. The Morgan fingerprint density at radius 1 is 0.864 bits per heavy atom. The molecule has 106 valence electrons. The number of nitrogens with zero attached hydrogens (tertiary/aromatic N) is 3. The van der Waals surface area contributed by atoms with Crippen LogP contribution in [0.25, 0.3) is 21.9 Å². The zero-order valence-corrected chi connectivity index (χ0v) is 11.6. The van der Waals surface area contributed by atoms with Crippen molar-refractivity contribution in [2.24, 2.45) is 0 Å². The van der Waals surface area contributed by atoms with Crippen molar-refractivity contribution in [3.8, 4) is 22.8 Å². The maximum atomic E-state index is 5.57. The first-order chi connectivity index (χ1) is 10.9. The van der Waals surface area contributed by atoms with Crippen LogP contribution in [0.1, 0.15) is 0 Å². The molecule has 0 bridgehead atoms. The SMILES string of the molecule is c1cc2cc(-c3ccc(Oc4c[nH]nn4)cc3)ccc2cn1. The second kappa shape index (κ2) is 5.29. The first kappa shape index (κ1) is 12.5. The van der Waals surface area contributed by atoms with E-state index in [4.69, 9.17) is 4.74 Å². The maximum Gasteiger partial charge on any atom is 0.258 e. The molecular weight excluding hydrogens is 276 g/mol. The van der Waals surface area contributed by atoms with Gasteiger partial charge in [-0.2, -0.15) is 0 Å². The Kier molecular flexibility index (Phi) is 3.01. The van der Waals surface area contributed by atoms with E-state index in [0.717, 1.165) is 22.3 Å². The molecule has 0 amide bonds. The van der Waals surface area contributed by atoms with Crippen molar-refractivity contribution in [3.05, 3.63) is 67.1 Å². The highest BCUT2D eigenvalue weighted by Gasteiger charge is 2.03. The van der Waals surface area contributed by atoms with E-state index in [1.54, 1.807) is 12.4 Å². The average Bonchev–Trinajstić information content (AvgIpc) is 3.08. The number of fused-ring (bicyclic) bond motifs is 1. The number of rotatable bonds is 3. The van der Waals surface area contributed by atoms with Crippen LogP contribution in [0.2, 0.25) is 0 Å². The fraction of sp³-hybridized carbons (Fsp3) is 0. The maximum absolute atomic E-state index is 5.57. The summed E-state index contributed by atoms with van der Waals surface area (Å²) >= 11 is 0. The molecule has 22 heavy (non-hydrogen) atoms. The first-order valence-corrected chi connectivity index (χ1v) is 6.87. The molecule has 0 saturated carbocycles. The van der Waals surface area contributed by atoms with Crippen LogP contribution in [0.3, 0.4) is 0 Å². The minimum atomic E-state index is 0.450. The Morgan fingerprint density at radius 2 is 1.73 bits per heavy atom. The summed E-state index contributed by atoms with van der Waals surface area (Å²) in [6.07, 6.45) is 5.28. The van der Waals surface area contributed by atoms with Crippen molar-refractivity contribution < 1.29 is 4.74 Å². The van der Waals surface area contributed by atoms with E-state index in [-0.39, 0.29) is 0 Å². The average molecular weight is 288 g/mol. The lowest BCUT2D eigenvalue weighted by atomic mass is 10.0. The molecule has 0 aliphatic carbocycles. The summed E-state index contributed by atoms with van der Waals surface area (Å²) in [6.45, 7) is 0. The Labute approximate surface area is 126 Å². The lowest BCUT2D eigenvalue weighted by molar-refractivity contribution is 0.461. The minimum absolute atomic E-state index is 0.450. The lowest BCUT2D eigenvalue weighted by Gasteiger charge is -2.06. The number of H-pyrrole nitrogens is 1. The molecule has 0 saturated heterocycles. The van der Waals surface area contributed by atoms with Gasteiger partial charge < -0.3 is 4.74 Å². The normalized spacial score (nSPS) is 10.7. The first-order valence-electron chi connectivity index (χ1n) is 6.87. The number of aromatic nitrogens is 4. The largest absolute Gasteiger partial charge is 0.436 e. The molecule has 0 aliphatic heterocycles. The summed E-state index contributed by atoms with van der Waals surface area (Å²) in [4.78, 5) is 4.13. The topological polar surface area (TPSA) is 63.7 Å². The van der Waals surface area contributed by atoms with Crippen LogP contribution in [0.5, 0.6) is 11.6 Å². The summed E-state index contributed by atoms with van der Waals surface area (Å²) in [7, 11) is 0. The molecule has 0 unspecified atom stereocenters. The van der Waals surface area contributed by atoms with Gasteiger partial charge in [0.1, 0.15) is 5.75 Å². The van der Waals surface area contributed by atoms with E-state index in [1.165, 1.54) is 5.39 Å². The van der Waals surface area contributed by atoms with E-state index < -0.39 is 0 Å². The van der Waals surface area contributed by atoms with Gasteiger partial charge in [-0.25, -0.2) is 0 Å². The van der Waals surface area contributed by atoms with Crippen LogP contribution in [-0.4, -0.2) is 20.4 Å². The van der Waals surface area contributed by atoms with Crippen molar-refractivity contribution in [2.45, 2.75) is 0 Å². The van der Waals surface area contributed by atoms with Gasteiger partial charge in [0.2, 0.25) is 0 Å². The molecule has 0 fully saturated rings. The minimum Gasteiger partial charge on any atom is -0.436 e. The Hall–Kier alpha value is -3.21. The highest BCUT2D eigenvalue weighted by molar-refractivity contribution is 5.86. The number of nitrogens with one attached hydrogen (secondary N) is 1. The number of ether oxygens (including phenoxy) is 1. The van der Waals surface area contributed by atoms with Crippen molar-refractivity contribution in [1.82, 2.24) is 20.4 Å². The molecule has 2 heterocycles. The van der Waals surface area contributed by atoms with Crippen molar-refractivity contribution in [1.29, 1.82) is 0 Å². The van der Waals surface area contributed by atoms with Gasteiger partial charge in [0.05, 0.1) is 6.20 Å². The zero-order valence-electron chi connectivity index (χ0n) is 11.6. The summed E-state index contributed by atoms with van der Waals surface area (Å²) in [6, 6.07) is 16.2. The third kappa shape index (κ3) is 2.40. The van der Waals surface area contributed by atoms with Crippen LogP contribution in [0.15, 0.2) is 67.1 Å². The fourth-order valence-corrected chi connectivity index (χ4v) is 2.34. The van der Waals surface area contributed by atoms with Crippen LogP contribution >= 0.6 is 0 Å². The van der Waals surface area contributed by atoms with Crippen LogP contribution < -0.4 is 4.74 Å². The van der Waals surface area contributed by atoms with E-state index in [0.29, 0.717) is 5.88 Å².